The number of rotatable bonds is 7. The third-order valence-electron chi connectivity index (χ3n) is 4.34. The number of halogens is 1. The van der Waals surface area contributed by atoms with E-state index in [1.54, 1.807) is 18.4 Å². The van der Waals surface area contributed by atoms with Crippen molar-refractivity contribution >= 4 is 27.7 Å². The molecule has 0 spiro atoms. The second kappa shape index (κ2) is 8.35. The van der Waals surface area contributed by atoms with Crippen LogP contribution in [0.3, 0.4) is 0 Å². The van der Waals surface area contributed by atoms with E-state index in [2.05, 4.69) is 26.6 Å². The molecule has 1 aliphatic heterocycles. The van der Waals surface area contributed by atoms with Crippen molar-refractivity contribution in [1.29, 1.82) is 0 Å². The molecular formula is C17H21BrN3O4+. The minimum Gasteiger partial charge on any atom is -0.463 e. The van der Waals surface area contributed by atoms with E-state index in [0.717, 1.165) is 18.8 Å². The SMILES string of the molecule is O=C(CNC(=O)c1ccc(Br)o1)NC[C@H](c1ccco1)[NH+]1CCCC1. The number of likely N-dealkylation sites (tertiary alicyclic amines) is 1. The van der Waals surface area contributed by atoms with Crippen LogP contribution < -0.4 is 15.5 Å². The van der Waals surface area contributed by atoms with Gasteiger partial charge in [-0.05, 0) is 40.2 Å². The molecule has 2 aromatic rings. The Morgan fingerprint density at radius 1 is 1.20 bits per heavy atom. The van der Waals surface area contributed by atoms with Gasteiger partial charge in [0.2, 0.25) is 5.91 Å². The molecule has 1 fully saturated rings. The van der Waals surface area contributed by atoms with Crippen molar-refractivity contribution in [3.63, 3.8) is 0 Å². The van der Waals surface area contributed by atoms with Gasteiger partial charge < -0.3 is 24.4 Å². The topological polar surface area (TPSA) is 88.9 Å². The number of nitrogens with one attached hydrogen (secondary N) is 3. The van der Waals surface area contributed by atoms with Gasteiger partial charge >= 0.3 is 0 Å². The fourth-order valence-corrected chi connectivity index (χ4v) is 3.38. The zero-order valence-corrected chi connectivity index (χ0v) is 15.3. The third kappa shape index (κ3) is 4.73. The van der Waals surface area contributed by atoms with Crippen molar-refractivity contribution in [1.82, 2.24) is 10.6 Å². The highest BCUT2D eigenvalue weighted by Crippen LogP contribution is 2.13. The van der Waals surface area contributed by atoms with Crippen molar-refractivity contribution < 1.29 is 23.3 Å². The van der Waals surface area contributed by atoms with Gasteiger partial charge in [0.1, 0.15) is 0 Å². The maximum absolute atomic E-state index is 12.1. The van der Waals surface area contributed by atoms with Gasteiger partial charge in [-0.25, -0.2) is 0 Å². The first-order chi connectivity index (χ1) is 12.1. The molecule has 0 saturated carbocycles. The van der Waals surface area contributed by atoms with Crippen LogP contribution in [0.15, 0.2) is 44.0 Å². The quantitative estimate of drug-likeness (QED) is 0.632. The smallest absolute Gasteiger partial charge is 0.287 e. The van der Waals surface area contributed by atoms with Gasteiger partial charge in [-0.15, -0.1) is 0 Å². The molecule has 1 atom stereocenters. The van der Waals surface area contributed by atoms with E-state index in [1.807, 2.05) is 12.1 Å². The summed E-state index contributed by atoms with van der Waals surface area (Å²) in [6, 6.07) is 7.07. The molecule has 7 nitrogen and oxygen atoms in total. The van der Waals surface area contributed by atoms with E-state index in [-0.39, 0.29) is 24.3 Å². The van der Waals surface area contributed by atoms with E-state index in [9.17, 15) is 9.59 Å². The number of carbonyl (C=O) groups excluding carboxylic acids is 2. The van der Waals surface area contributed by atoms with E-state index >= 15 is 0 Å². The van der Waals surface area contributed by atoms with E-state index in [0.29, 0.717) is 11.2 Å². The lowest BCUT2D eigenvalue weighted by atomic mass is 10.2. The van der Waals surface area contributed by atoms with Gasteiger partial charge in [0.05, 0.1) is 32.4 Å². The molecule has 134 valence electrons. The molecule has 2 aromatic heterocycles. The molecule has 3 rings (SSSR count). The Hall–Kier alpha value is -2.06. The second-order valence-corrected chi connectivity index (χ2v) is 6.81. The second-order valence-electron chi connectivity index (χ2n) is 6.02. The summed E-state index contributed by atoms with van der Waals surface area (Å²) >= 11 is 3.14. The number of quaternary nitrogens is 1. The van der Waals surface area contributed by atoms with Crippen LogP contribution in [0.2, 0.25) is 0 Å². The Bertz CT molecular complexity index is 707. The van der Waals surface area contributed by atoms with Gasteiger partial charge in [-0.2, -0.15) is 0 Å². The van der Waals surface area contributed by atoms with Gasteiger partial charge in [0, 0.05) is 12.8 Å². The summed E-state index contributed by atoms with van der Waals surface area (Å²) in [5, 5.41) is 5.43. The number of hydrogen-bond acceptors (Lipinski definition) is 4. The van der Waals surface area contributed by atoms with Crippen molar-refractivity contribution in [2.75, 3.05) is 26.2 Å². The number of hydrogen-bond donors (Lipinski definition) is 3. The molecule has 0 unspecified atom stereocenters. The highest BCUT2D eigenvalue weighted by molar-refractivity contribution is 9.10. The normalized spacial score (nSPS) is 15.9. The number of amides is 2. The van der Waals surface area contributed by atoms with Crippen molar-refractivity contribution in [2.45, 2.75) is 18.9 Å². The lowest BCUT2D eigenvalue weighted by Crippen LogP contribution is -3.11. The summed E-state index contributed by atoms with van der Waals surface area (Å²) in [6.07, 6.45) is 4.03. The van der Waals surface area contributed by atoms with Gasteiger partial charge in [0.25, 0.3) is 5.91 Å². The summed E-state index contributed by atoms with van der Waals surface area (Å²) in [5.74, 6) is 0.374. The molecule has 2 amide bonds. The first-order valence-electron chi connectivity index (χ1n) is 8.31. The Morgan fingerprint density at radius 3 is 2.64 bits per heavy atom. The Labute approximate surface area is 153 Å². The fourth-order valence-electron chi connectivity index (χ4n) is 3.08. The molecule has 1 saturated heterocycles. The minimum atomic E-state index is -0.423. The van der Waals surface area contributed by atoms with E-state index in [4.69, 9.17) is 8.83 Å². The highest BCUT2D eigenvalue weighted by Gasteiger charge is 2.29. The van der Waals surface area contributed by atoms with Crippen LogP contribution in [0.5, 0.6) is 0 Å². The van der Waals surface area contributed by atoms with Crippen LogP contribution in [0.25, 0.3) is 0 Å². The molecule has 1 aliphatic rings. The van der Waals surface area contributed by atoms with E-state index < -0.39 is 5.91 Å². The molecular weight excluding hydrogens is 390 g/mol. The summed E-state index contributed by atoms with van der Waals surface area (Å²) in [5.41, 5.74) is 0. The molecule has 0 aliphatic carbocycles. The first kappa shape index (κ1) is 17.8. The zero-order chi connectivity index (χ0) is 17.6. The van der Waals surface area contributed by atoms with Crippen molar-refractivity contribution in [3.8, 4) is 0 Å². The summed E-state index contributed by atoms with van der Waals surface area (Å²) in [6.45, 7) is 2.53. The average Bonchev–Trinajstić information content (AvgIpc) is 3.35. The molecule has 0 radical (unpaired) electrons. The van der Waals surface area contributed by atoms with E-state index in [1.165, 1.54) is 17.7 Å². The largest absolute Gasteiger partial charge is 0.463 e. The average molecular weight is 411 g/mol. The maximum Gasteiger partial charge on any atom is 0.287 e. The van der Waals surface area contributed by atoms with Crippen LogP contribution in [0, 0.1) is 0 Å². The summed E-state index contributed by atoms with van der Waals surface area (Å²) < 4.78 is 11.2. The van der Waals surface area contributed by atoms with Crippen LogP contribution in [-0.2, 0) is 4.79 Å². The molecule has 25 heavy (non-hydrogen) atoms. The monoisotopic (exact) mass is 410 g/mol. The predicted molar refractivity (Wildman–Crippen MR) is 93.1 cm³/mol. The Kier molecular flexibility index (Phi) is 5.93. The van der Waals surface area contributed by atoms with Crippen LogP contribution >= 0.6 is 15.9 Å². The lowest BCUT2D eigenvalue weighted by Gasteiger charge is -2.23. The van der Waals surface area contributed by atoms with Gasteiger partial charge in [-0.1, -0.05) is 0 Å². The van der Waals surface area contributed by atoms with Crippen molar-refractivity contribution in [2.24, 2.45) is 0 Å². The van der Waals surface area contributed by atoms with Crippen LogP contribution in [0.1, 0.15) is 35.2 Å². The number of furan rings is 2. The van der Waals surface area contributed by atoms with Crippen LogP contribution in [-0.4, -0.2) is 38.0 Å². The van der Waals surface area contributed by atoms with Crippen LogP contribution in [0.4, 0.5) is 0 Å². The predicted octanol–water partition coefficient (Wildman–Crippen LogP) is 0.901. The standard InChI is InChI=1S/C17H20BrN3O4/c18-15-6-5-14(25-15)17(23)20-11-16(22)19-10-12(13-4-3-9-24-13)21-7-1-2-8-21/h3-6,9,12H,1-2,7-8,10-11H2,(H,19,22)(H,20,23)/p+1/t12-/m1/s1. The number of carbonyl (C=O) groups is 2. The molecule has 3 N–H and O–H groups in total. The highest BCUT2D eigenvalue weighted by atomic mass is 79.9. The minimum absolute atomic E-state index is 0.0955. The van der Waals surface area contributed by atoms with Gasteiger partial charge in [0.15, 0.2) is 22.2 Å². The molecule has 0 bridgehead atoms. The molecule has 3 heterocycles. The molecule has 0 aromatic carbocycles. The summed E-state index contributed by atoms with van der Waals surface area (Å²) in [7, 11) is 0. The Balaban J connectivity index is 1.49. The maximum atomic E-state index is 12.1. The Morgan fingerprint density at radius 2 is 2.00 bits per heavy atom. The zero-order valence-electron chi connectivity index (χ0n) is 13.7. The lowest BCUT2D eigenvalue weighted by molar-refractivity contribution is -0.919. The third-order valence-corrected chi connectivity index (χ3v) is 4.76. The molecule has 8 heteroatoms. The summed E-state index contributed by atoms with van der Waals surface area (Å²) in [4.78, 5) is 25.4. The fraction of sp³-hybridized carbons (Fsp3) is 0.412. The first-order valence-corrected chi connectivity index (χ1v) is 9.11. The van der Waals surface area contributed by atoms with Gasteiger partial charge in [-0.3, -0.25) is 9.59 Å². The van der Waals surface area contributed by atoms with Crippen molar-refractivity contribution in [3.05, 3.63) is 46.7 Å².